The number of carbonyl (C=O) groups is 1. The number of hydrogen-bond acceptors (Lipinski definition) is 3. The largest absolute Gasteiger partial charge is 0.492 e. The molecular formula is C16H17NO2. The van der Waals surface area contributed by atoms with E-state index in [1.54, 1.807) is 18.5 Å². The van der Waals surface area contributed by atoms with Gasteiger partial charge in [0, 0.05) is 17.3 Å². The topological polar surface area (TPSA) is 39.2 Å². The van der Waals surface area contributed by atoms with Crippen molar-refractivity contribution in [3.8, 4) is 5.75 Å². The molecule has 0 amide bonds. The van der Waals surface area contributed by atoms with Crippen molar-refractivity contribution < 1.29 is 9.53 Å². The van der Waals surface area contributed by atoms with Gasteiger partial charge < -0.3 is 4.74 Å². The minimum absolute atomic E-state index is 0.0295. The van der Waals surface area contributed by atoms with Gasteiger partial charge in [-0.15, -0.1) is 0 Å². The fourth-order valence-corrected chi connectivity index (χ4v) is 1.79. The van der Waals surface area contributed by atoms with Crippen molar-refractivity contribution in [3.63, 3.8) is 0 Å². The van der Waals surface area contributed by atoms with Crippen molar-refractivity contribution in [2.75, 3.05) is 6.61 Å². The Morgan fingerprint density at radius 1 is 1.21 bits per heavy atom. The summed E-state index contributed by atoms with van der Waals surface area (Å²) in [5.74, 6) is 0.610. The van der Waals surface area contributed by atoms with Crippen molar-refractivity contribution >= 4 is 5.78 Å². The Labute approximate surface area is 113 Å². The predicted octanol–water partition coefficient (Wildman–Crippen LogP) is 3.41. The average molecular weight is 255 g/mol. The fraction of sp³-hybridized carbons (Fsp3) is 0.250. The molecule has 0 atom stereocenters. The van der Waals surface area contributed by atoms with Gasteiger partial charge in [0.15, 0.2) is 5.78 Å². The van der Waals surface area contributed by atoms with E-state index in [4.69, 9.17) is 4.74 Å². The van der Waals surface area contributed by atoms with Crippen LogP contribution in [0.5, 0.6) is 5.75 Å². The highest BCUT2D eigenvalue weighted by atomic mass is 16.5. The van der Waals surface area contributed by atoms with Gasteiger partial charge in [0.1, 0.15) is 5.75 Å². The molecule has 98 valence electrons. The van der Waals surface area contributed by atoms with E-state index in [1.807, 2.05) is 38.1 Å². The molecule has 0 aliphatic heterocycles. The molecule has 0 radical (unpaired) electrons. The van der Waals surface area contributed by atoms with Gasteiger partial charge in [-0.3, -0.25) is 9.78 Å². The van der Waals surface area contributed by atoms with Crippen LogP contribution in [0.3, 0.4) is 0 Å². The lowest BCUT2D eigenvalue weighted by molar-refractivity contribution is 0.103. The number of aromatic nitrogens is 1. The molecular weight excluding hydrogens is 238 g/mol. The van der Waals surface area contributed by atoms with Crippen LogP contribution in [0.1, 0.15) is 34.8 Å². The zero-order valence-electron chi connectivity index (χ0n) is 11.2. The minimum Gasteiger partial charge on any atom is -0.492 e. The highest BCUT2D eigenvalue weighted by molar-refractivity contribution is 6.09. The van der Waals surface area contributed by atoms with Gasteiger partial charge in [-0.05, 0) is 25.5 Å². The van der Waals surface area contributed by atoms with Crippen LogP contribution in [-0.2, 0) is 0 Å². The van der Waals surface area contributed by atoms with Crippen molar-refractivity contribution in [1.29, 1.82) is 0 Å². The lowest BCUT2D eigenvalue weighted by Crippen LogP contribution is -2.03. The van der Waals surface area contributed by atoms with Crippen molar-refractivity contribution in [3.05, 3.63) is 59.4 Å². The summed E-state index contributed by atoms with van der Waals surface area (Å²) in [6, 6.07) is 9.29. The number of benzene rings is 1. The Morgan fingerprint density at radius 3 is 2.79 bits per heavy atom. The van der Waals surface area contributed by atoms with Crippen LogP contribution in [-0.4, -0.2) is 17.4 Å². The number of ketones is 1. The molecule has 19 heavy (non-hydrogen) atoms. The van der Waals surface area contributed by atoms with Gasteiger partial charge in [0.2, 0.25) is 0 Å². The molecule has 0 N–H and O–H groups in total. The highest BCUT2D eigenvalue weighted by Crippen LogP contribution is 2.16. The SMILES string of the molecule is CCCOc1cncc(C(=O)c2cccc(C)c2)c1. The number of ether oxygens (including phenoxy) is 1. The van der Waals surface area contributed by atoms with Crippen molar-refractivity contribution in [2.45, 2.75) is 20.3 Å². The molecule has 0 unspecified atom stereocenters. The summed E-state index contributed by atoms with van der Waals surface area (Å²) in [5, 5.41) is 0. The third-order valence-corrected chi connectivity index (χ3v) is 2.73. The van der Waals surface area contributed by atoms with E-state index in [9.17, 15) is 4.79 Å². The van der Waals surface area contributed by atoms with E-state index in [0.29, 0.717) is 23.5 Å². The summed E-state index contributed by atoms with van der Waals surface area (Å²) in [5.41, 5.74) is 2.30. The Hall–Kier alpha value is -2.16. The monoisotopic (exact) mass is 255 g/mol. The molecule has 0 aliphatic rings. The van der Waals surface area contributed by atoms with Crippen LogP contribution < -0.4 is 4.74 Å². The predicted molar refractivity (Wildman–Crippen MR) is 74.6 cm³/mol. The molecule has 0 saturated carbocycles. The van der Waals surface area contributed by atoms with Gasteiger partial charge in [-0.1, -0.05) is 30.7 Å². The third kappa shape index (κ3) is 3.41. The number of pyridine rings is 1. The molecule has 1 aromatic carbocycles. The van der Waals surface area contributed by atoms with Crippen LogP contribution in [0.25, 0.3) is 0 Å². The first-order valence-electron chi connectivity index (χ1n) is 6.40. The maximum Gasteiger partial charge on any atom is 0.194 e. The second kappa shape index (κ2) is 6.14. The van der Waals surface area contributed by atoms with Crippen LogP contribution in [0.15, 0.2) is 42.7 Å². The highest BCUT2D eigenvalue weighted by Gasteiger charge is 2.10. The average Bonchev–Trinajstić information content (AvgIpc) is 2.44. The van der Waals surface area contributed by atoms with E-state index in [0.717, 1.165) is 12.0 Å². The maximum absolute atomic E-state index is 12.3. The molecule has 1 aromatic heterocycles. The molecule has 0 spiro atoms. The third-order valence-electron chi connectivity index (χ3n) is 2.73. The van der Waals surface area contributed by atoms with Gasteiger partial charge in [0.05, 0.1) is 12.8 Å². The van der Waals surface area contributed by atoms with E-state index in [-0.39, 0.29) is 5.78 Å². The first kappa shape index (κ1) is 13.3. The van der Waals surface area contributed by atoms with Crippen LogP contribution in [0.4, 0.5) is 0 Å². The standard InChI is InChI=1S/C16H17NO2/c1-3-7-19-15-9-14(10-17-11-15)16(18)13-6-4-5-12(2)8-13/h4-6,8-11H,3,7H2,1-2H3. The van der Waals surface area contributed by atoms with Crippen molar-refractivity contribution in [1.82, 2.24) is 4.98 Å². The first-order chi connectivity index (χ1) is 9.20. The van der Waals surface area contributed by atoms with E-state index in [2.05, 4.69) is 4.98 Å². The second-order valence-corrected chi connectivity index (χ2v) is 4.46. The fourth-order valence-electron chi connectivity index (χ4n) is 1.79. The number of rotatable bonds is 5. The van der Waals surface area contributed by atoms with Crippen LogP contribution >= 0.6 is 0 Å². The summed E-state index contributed by atoms with van der Waals surface area (Å²) < 4.78 is 5.49. The van der Waals surface area contributed by atoms with Gasteiger partial charge >= 0.3 is 0 Å². The molecule has 3 nitrogen and oxygen atoms in total. The van der Waals surface area contributed by atoms with Gasteiger partial charge in [0.25, 0.3) is 0 Å². The Morgan fingerprint density at radius 2 is 2.05 bits per heavy atom. The summed E-state index contributed by atoms with van der Waals surface area (Å²) >= 11 is 0. The lowest BCUT2D eigenvalue weighted by Gasteiger charge is -2.06. The summed E-state index contributed by atoms with van der Waals surface area (Å²) in [6.07, 6.45) is 4.13. The van der Waals surface area contributed by atoms with Crippen molar-refractivity contribution in [2.24, 2.45) is 0 Å². The van der Waals surface area contributed by atoms with E-state index in [1.165, 1.54) is 0 Å². The molecule has 0 saturated heterocycles. The number of hydrogen-bond donors (Lipinski definition) is 0. The minimum atomic E-state index is -0.0295. The zero-order valence-corrected chi connectivity index (χ0v) is 11.2. The second-order valence-electron chi connectivity index (χ2n) is 4.46. The number of aryl methyl sites for hydroxylation is 1. The molecule has 0 aliphatic carbocycles. The quantitative estimate of drug-likeness (QED) is 0.768. The van der Waals surface area contributed by atoms with Crippen LogP contribution in [0.2, 0.25) is 0 Å². The summed E-state index contributed by atoms with van der Waals surface area (Å²) in [7, 11) is 0. The molecule has 1 heterocycles. The Bertz CT molecular complexity index is 578. The maximum atomic E-state index is 12.3. The van der Waals surface area contributed by atoms with Gasteiger partial charge in [-0.2, -0.15) is 0 Å². The van der Waals surface area contributed by atoms with E-state index < -0.39 is 0 Å². The molecule has 2 aromatic rings. The van der Waals surface area contributed by atoms with Gasteiger partial charge in [-0.25, -0.2) is 0 Å². The molecule has 0 fully saturated rings. The summed E-state index contributed by atoms with van der Waals surface area (Å²) in [6.45, 7) is 4.63. The number of nitrogens with zero attached hydrogens (tertiary/aromatic N) is 1. The smallest absolute Gasteiger partial charge is 0.194 e. The molecule has 0 bridgehead atoms. The first-order valence-corrected chi connectivity index (χ1v) is 6.40. The van der Waals surface area contributed by atoms with Crippen LogP contribution in [0, 0.1) is 6.92 Å². The lowest BCUT2D eigenvalue weighted by atomic mass is 10.0. The van der Waals surface area contributed by atoms with E-state index >= 15 is 0 Å². The summed E-state index contributed by atoms with van der Waals surface area (Å²) in [4.78, 5) is 16.4. The number of carbonyl (C=O) groups excluding carboxylic acids is 1. The molecule has 2 rings (SSSR count). The zero-order chi connectivity index (χ0) is 13.7. The normalized spacial score (nSPS) is 10.2. The molecule has 3 heteroatoms. The Balaban J connectivity index is 2.24. The Kier molecular flexibility index (Phi) is 4.29.